The molecule has 0 unspecified atom stereocenters. The molecular formula is C13H17N3O4. The first-order chi connectivity index (χ1) is 9.32. The molecule has 0 saturated carbocycles. The number of carbonyl (C=O) groups excluding carboxylic acids is 1. The maximum atomic E-state index is 11.3. The van der Waals surface area contributed by atoms with Gasteiger partial charge in [-0.05, 0) is 31.9 Å². The summed E-state index contributed by atoms with van der Waals surface area (Å²) in [7, 11) is 0. The quantitative estimate of drug-likeness (QED) is 0.574. The summed E-state index contributed by atoms with van der Waals surface area (Å²) in [5.41, 5.74) is 0.903. The van der Waals surface area contributed by atoms with Crippen LogP contribution in [0, 0.1) is 10.1 Å². The number of hydrogen-bond donors (Lipinski definition) is 3. The van der Waals surface area contributed by atoms with Crippen molar-refractivity contribution in [2.75, 3.05) is 17.2 Å². The maximum Gasteiger partial charge on any atom is 0.294 e. The van der Waals surface area contributed by atoms with Crippen molar-refractivity contribution in [1.82, 2.24) is 0 Å². The van der Waals surface area contributed by atoms with Gasteiger partial charge in [0.1, 0.15) is 5.69 Å². The van der Waals surface area contributed by atoms with Gasteiger partial charge in [-0.1, -0.05) is 0 Å². The number of amides is 1. The Morgan fingerprint density at radius 1 is 1.45 bits per heavy atom. The third kappa shape index (κ3) is 2.88. The predicted octanol–water partition coefficient (Wildman–Crippen LogP) is 1.66. The zero-order valence-electron chi connectivity index (χ0n) is 11.4. The summed E-state index contributed by atoms with van der Waals surface area (Å²) in [6.45, 7) is 3.34. The van der Waals surface area contributed by atoms with Gasteiger partial charge >= 0.3 is 0 Å². The van der Waals surface area contributed by atoms with Gasteiger partial charge in [0, 0.05) is 12.5 Å². The van der Waals surface area contributed by atoms with Crippen LogP contribution in [0.25, 0.3) is 0 Å². The second kappa shape index (κ2) is 5.09. The number of aliphatic hydroxyl groups is 1. The third-order valence-corrected chi connectivity index (χ3v) is 3.18. The monoisotopic (exact) mass is 279 g/mol. The summed E-state index contributed by atoms with van der Waals surface area (Å²) in [4.78, 5) is 22.0. The molecule has 0 atom stereocenters. The smallest absolute Gasteiger partial charge is 0.294 e. The van der Waals surface area contributed by atoms with Crippen LogP contribution in [0.1, 0.15) is 25.8 Å². The molecular weight excluding hydrogens is 262 g/mol. The molecule has 0 saturated heterocycles. The molecule has 1 aliphatic heterocycles. The lowest BCUT2D eigenvalue weighted by molar-refractivity contribution is -0.383. The van der Waals surface area contributed by atoms with E-state index in [4.69, 9.17) is 0 Å². The van der Waals surface area contributed by atoms with E-state index in [9.17, 15) is 20.0 Å². The van der Waals surface area contributed by atoms with E-state index in [-0.39, 0.29) is 18.2 Å². The lowest BCUT2D eigenvalue weighted by Gasteiger charge is -2.26. The summed E-state index contributed by atoms with van der Waals surface area (Å²) in [5.74, 6) is -0.136. The SMILES string of the molecule is CC(C)(CO)Nc1cc2c(cc1[N+](=O)[O-])NC(=O)CC2. The molecule has 0 bridgehead atoms. The number of nitro groups is 1. The average molecular weight is 279 g/mol. The Morgan fingerprint density at radius 3 is 2.75 bits per heavy atom. The van der Waals surface area contributed by atoms with Crippen molar-refractivity contribution in [1.29, 1.82) is 0 Å². The molecule has 0 aromatic heterocycles. The highest BCUT2D eigenvalue weighted by Gasteiger charge is 2.26. The van der Waals surface area contributed by atoms with Crippen molar-refractivity contribution in [3.63, 3.8) is 0 Å². The molecule has 108 valence electrons. The molecule has 1 heterocycles. The van der Waals surface area contributed by atoms with Gasteiger partial charge in [0.2, 0.25) is 5.91 Å². The Morgan fingerprint density at radius 2 is 2.15 bits per heavy atom. The predicted molar refractivity (Wildman–Crippen MR) is 74.8 cm³/mol. The van der Waals surface area contributed by atoms with E-state index in [2.05, 4.69) is 10.6 Å². The van der Waals surface area contributed by atoms with Crippen LogP contribution in [0.4, 0.5) is 17.1 Å². The van der Waals surface area contributed by atoms with E-state index in [1.165, 1.54) is 6.07 Å². The minimum Gasteiger partial charge on any atom is -0.394 e. The van der Waals surface area contributed by atoms with Gasteiger partial charge in [-0.2, -0.15) is 0 Å². The Labute approximate surface area is 116 Å². The van der Waals surface area contributed by atoms with Crippen molar-refractivity contribution in [2.24, 2.45) is 0 Å². The van der Waals surface area contributed by atoms with Crippen LogP contribution in [0.15, 0.2) is 12.1 Å². The highest BCUT2D eigenvalue weighted by molar-refractivity contribution is 5.95. The van der Waals surface area contributed by atoms with Crippen LogP contribution in [0.3, 0.4) is 0 Å². The summed E-state index contributed by atoms with van der Waals surface area (Å²) in [5, 5.41) is 26.0. The van der Waals surface area contributed by atoms with Crippen LogP contribution in [-0.2, 0) is 11.2 Å². The number of benzene rings is 1. The minimum absolute atomic E-state index is 0.118. The third-order valence-electron chi connectivity index (χ3n) is 3.18. The fraction of sp³-hybridized carbons (Fsp3) is 0.462. The highest BCUT2D eigenvalue weighted by atomic mass is 16.6. The summed E-state index contributed by atoms with van der Waals surface area (Å²) in [6, 6.07) is 3.03. The van der Waals surface area contributed by atoms with Gasteiger partial charge in [0.25, 0.3) is 5.69 Å². The molecule has 0 aliphatic carbocycles. The Bertz CT molecular complexity index is 569. The van der Waals surface area contributed by atoms with E-state index in [1.807, 2.05) is 0 Å². The van der Waals surface area contributed by atoms with Gasteiger partial charge in [-0.3, -0.25) is 14.9 Å². The van der Waals surface area contributed by atoms with Crippen LogP contribution in [0.2, 0.25) is 0 Å². The molecule has 7 heteroatoms. The normalized spacial score (nSPS) is 14.4. The van der Waals surface area contributed by atoms with Gasteiger partial charge in [0.15, 0.2) is 0 Å². The van der Waals surface area contributed by atoms with Crippen LogP contribution >= 0.6 is 0 Å². The Hall–Kier alpha value is -2.15. The summed E-state index contributed by atoms with van der Waals surface area (Å²) < 4.78 is 0. The van der Waals surface area contributed by atoms with Crippen LogP contribution in [-0.4, -0.2) is 28.1 Å². The van der Waals surface area contributed by atoms with Crippen LogP contribution in [0.5, 0.6) is 0 Å². The molecule has 0 radical (unpaired) electrons. The standard InChI is InChI=1S/C13H17N3O4/c1-13(2,7-17)15-10-5-8-3-4-12(18)14-9(8)6-11(10)16(19)20/h5-6,15,17H,3-4,7H2,1-2H3,(H,14,18). The Kier molecular flexibility index (Phi) is 3.63. The lowest BCUT2D eigenvalue weighted by Crippen LogP contribution is -2.35. The number of anilines is 2. The fourth-order valence-electron chi connectivity index (χ4n) is 2.07. The molecule has 2 rings (SSSR count). The zero-order valence-corrected chi connectivity index (χ0v) is 11.4. The number of nitro benzene ring substituents is 1. The molecule has 0 spiro atoms. The van der Waals surface area contributed by atoms with Gasteiger partial charge in [0.05, 0.1) is 22.8 Å². The fourth-order valence-corrected chi connectivity index (χ4v) is 2.07. The van der Waals surface area contributed by atoms with Crippen molar-refractivity contribution >= 4 is 23.0 Å². The minimum atomic E-state index is -0.670. The maximum absolute atomic E-state index is 11.3. The van der Waals surface area contributed by atoms with Gasteiger partial charge < -0.3 is 15.7 Å². The van der Waals surface area contributed by atoms with E-state index in [0.29, 0.717) is 24.2 Å². The Balaban J connectivity index is 2.45. The second-order valence-electron chi connectivity index (χ2n) is 5.50. The van der Waals surface area contributed by atoms with Crippen molar-refractivity contribution < 1.29 is 14.8 Å². The average Bonchev–Trinajstić information content (AvgIpc) is 2.37. The lowest BCUT2D eigenvalue weighted by atomic mass is 9.99. The summed E-state index contributed by atoms with van der Waals surface area (Å²) in [6.07, 6.45) is 0.918. The largest absolute Gasteiger partial charge is 0.394 e. The van der Waals surface area contributed by atoms with Gasteiger partial charge in [-0.15, -0.1) is 0 Å². The van der Waals surface area contributed by atoms with E-state index >= 15 is 0 Å². The highest BCUT2D eigenvalue weighted by Crippen LogP contribution is 2.35. The summed E-state index contributed by atoms with van der Waals surface area (Å²) >= 11 is 0. The van der Waals surface area contributed by atoms with Gasteiger partial charge in [-0.25, -0.2) is 0 Å². The molecule has 1 aromatic carbocycles. The number of aryl methyl sites for hydroxylation is 1. The number of nitrogens with one attached hydrogen (secondary N) is 2. The number of aliphatic hydroxyl groups excluding tert-OH is 1. The first-order valence-electron chi connectivity index (χ1n) is 6.32. The molecule has 7 nitrogen and oxygen atoms in total. The molecule has 1 amide bonds. The molecule has 1 aromatic rings. The number of rotatable bonds is 4. The topological polar surface area (TPSA) is 104 Å². The second-order valence-corrected chi connectivity index (χ2v) is 5.50. The van der Waals surface area contributed by atoms with E-state index in [0.717, 1.165) is 5.56 Å². The molecule has 20 heavy (non-hydrogen) atoms. The van der Waals surface area contributed by atoms with E-state index < -0.39 is 10.5 Å². The number of hydrogen-bond acceptors (Lipinski definition) is 5. The number of nitrogens with zero attached hydrogens (tertiary/aromatic N) is 1. The molecule has 0 fully saturated rings. The first kappa shape index (κ1) is 14.3. The number of carbonyl (C=O) groups is 1. The molecule has 1 aliphatic rings. The van der Waals surface area contributed by atoms with E-state index in [1.54, 1.807) is 19.9 Å². The van der Waals surface area contributed by atoms with Crippen molar-refractivity contribution in [3.05, 3.63) is 27.8 Å². The molecule has 3 N–H and O–H groups in total. The van der Waals surface area contributed by atoms with Crippen LogP contribution < -0.4 is 10.6 Å². The van der Waals surface area contributed by atoms with Crippen molar-refractivity contribution in [3.8, 4) is 0 Å². The number of fused-ring (bicyclic) bond motifs is 1. The van der Waals surface area contributed by atoms with Crippen molar-refractivity contribution in [2.45, 2.75) is 32.2 Å². The first-order valence-corrected chi connectivity index (χ1v) is 6.32. The zero-order chi connectivity index (χ0) is 14.9.